The monoisotopic (exact) mass is 608 g/mol. The molecule has 232 valence electrons. The van der Waals surface area contributed by atoms with Crippen molar-refractivity contribution in [1.29, 1.82) is 5.26 Å². The summed E-state index contributed by atoms with van der Waals surface area (Å²) in [5, 5.41) is 16.9. The summed E-state index contributed by atoms with van der Waals surface area (Å²) in [5.41, 5.74) is 2.34. The number of nitrogens with one attached hydrogen (secondary N) is 2. The van der Waals surface area contributed by atoms with E-state index in [1.807, 2.05) is 12.1 Å². The Bertz CT molecular complexity index is 1260. The third kappa shape index (κ3) is 5.68. The van der Waals surface area contributed by atoms with E-state index in [0.29, 0.717) is 32.3 Å². The molecule has 1 aromatic rings. The average Bonchev–Trinajstić information content (AvgIpc) is 3.45. The van der Waals surface area contributed by atoms with E-state index in [1.54, 1.807) is 23.8 Å². The highest BCUT2D eigenvalue weighted by atomic mass is 32.2. The molecule has 0 aromatic heterocycles. The average molecular weight is 609 g/mol. The molecule has 4 heterocycles. The SMILES string of the molecule is C=CC(=O)N1CCN(C2NC(OCC3CCCN3C)NC3C(=O)[C@@]4(CCC32)SCc2ccccc2C4OC)CC1CC#N. The number of methoxy groups -OCH3 is 1. The predicted molar refractivity (Wildman–Crippen MR) is 165 cm³/mol. The van der Waals surface area contributed by atoms with Gasteiger partial charge in [-0.15, -0.1) is 11.8 Å². The molecule has 1 aromatic carbocycles. The van der Waals surface area contributed by atoms with E-state index in [-0.39, 0.29) is 42.3 Å². The smallest absolute Gasteiger partial charge is 0.246 e. The zero-order valence-electron chi connectivity index (χ0n) is 25.2. The van der Waals surface area contributed by atoms with Crippen molar-refractivity contribution >= 4 is 23.5 Å². The molecule has 11 heteroatoms. The fourth-order valence-electron chi connectivity index (χ4n) is 8.02. The molecule has 1 saturated carbocycles. The predicted octanol–water partition coefficient (Wildman–Crippen LogP) is 2.23. The number of Topliss-reactive ketones (excluding diaryl/α,β-unsaturated/α-hetero) is 1. The number of piperazine rings is 1. The molecule has 5 aliphatic rings. The van der Waals surface area contributed by atoms with Crippen molar-refractivity contribution in [2.45, 2.75) is 79.4 Å². The Morgan fingerprint density at radius 1 is 1.23 bits per heavy atom. The number of ether oxygens (including phenoxy) is 2. The van der Waals surface area contributed by atoms with Crippen LogP contribution in [0.5, 0.6) is 0 Å². The fourth-order valence-corrected chi connectivity index (χ4v) is 9.60. The quantitative estimate of drug-likeness (QED) is 0.448. The lowest BCUT2D eigenvalue weighted by Crippen LogP contribution is -2.75. The van der Waals surface area contributed by atoms with Crippen molar-refractivity contribution < 1.29 is 19.1 Å². The van der Waals surface area contributed by atoms with Crippen molar-refractivity contribution in [3.05, 3.63) is 48.0 Å². The first kappa shape index (κ1) is 30.7. The summed E-state index contributed by atoms with van der Waals surface area (Å²) in [6.07, 6.45) is 4.45. The second-order valence-electron chi connectivity index (χ2n) is 12.6. The van der Waals surface area contributed by atoms with Gasteiger partial charge in [0.2, 0.25) is 5.91 Å². The van der Waals surface area contributed by atoms with Crippen molar-refractivity contribution in [1.82, 2.24) is 25.3 Å². The van der Waals surface area contributed by atoms with Gasteiger partial charge in [0.1, 0.15) is 10.9 Å². The molecule has 7 unspecified atom stereocenters. The zero-order chi connectivity index (χ0) is 30.1. The van der Waals surface area contributed by atoms with Crippen LogP contribution in [0.4, 0.5) is 0 Å². The van der Waals surface area contributed by atoms with E-state index in [4.69, 9.17) is 9.47 Å². The number of carbonyl (C=O) groups excluding carboxylic acids is 2. The van der Waals surface area contributed by atoms with E-state index < -0.39 is 17.1 Å². The molecule has 4 fully saturated rings. The lowest BCUT2D eigenvalue weighted by atomic mass is 9.70. The molecule has 10 nitrogen and oxygen atoms in total. The topological polar surface area (TPSA) is 110 Å². The lowest BCUT2D eigenvalue weighted by Gasteiger charge is -2.56. The summed E-state index contributed by atoms with van der Waals surface area (Å²) >= 11 is 1.73. The number of fused-ring (bicyclic) bond motifs is 2. The van der Waals surface area contributed by atoms with Crippen molar-refractivity contribution in [2.24, 2.45) is 5.92 Å². The van der Waals surface area contributed by atoms with Crippen LogP contribution in [0.3, 0.4) is 0 Å². The van der Waals surface area contributed by atoms with Crippen LogP contribution in [-0.2, 0) is 24.8 Å². The molecule has 3 saturated heterocycles. The summed E-state index contributed by atoms with van der Waals surface area (Å²) in [7, 11) is 3.86. The van der Waals surface area contributed by atoms with Crippen molar-refractivity contribution in [3.63, 3.8) is 0 Å². The van der Waals surface area contributed by atoms with Crippen LogP contribution in [0.2, 0.25) is 0 Å². The molecule has 6 rings (SSSR count). The fraction of sp³-hybridized carbons (Fsp3) is 0.656. The number of amides is 1. The Hall–Kier alpha value is -2.30. The minimum absolute atomic E-state index is 0.00629. The lowest BCUT2D eigenvalue weighted by molar-refractivity contribution is -0.148. The molecule has 1 amide bonds. The largest absolute Gasteiger partial charge is 0.375 e. The van der Waals surface area contributed by atoms with Crippen LogP contribution >= 0.6 is 11.8 Å². The highest BCUT2D eigenvalue weighted by molar-refractivity contribution is 8.00. The van der Waals surface area contributed by atoms with E-state index >= 15 is 0 Å². The minimum atomic E-state index is -0.673. The van der Waals surface area contributed by atoms with Crippen LogP contribution in [-0.4, -0.2) is 109 Å². The van der Waals surface area contributed by atoms with Gasteiger partial charge in [-0.1, -0.05) is 30.8 Å². The molecular formula is C32H44N6O4S. The Morgan fingerprint density at radius 2 is 2.07 bits per heavy atom. The molecule has 0 radical (unpaired) electrons. The molecule has 1 aliphatic carbocycles. The number of carbonyl (C=O) groups is 2. The summed E-state index contributed by atoms with van der Waals surface area (Å²) in [5.74, 6) is 0.825. The van der Waals surface area contributed by atoms with E-state index in [9.17, 15) is 14.9 Å². The molecule has 2 N–H and O–H groups in total. The second kappa shape index (κ2) is 13.0. The van der Waals surface area contributed by atoms with Gasteiger partial charge in [0.15, 0.2) is 12.1 Å². The van der Waals surface area contributed by atoms with Gasteiger partial charge < -0.3 is 19.3 Å². The van der Waals surface area contributed by atoms with Crippen LogP contribution in [0.1, 0.15) is 49.3 Å². The Balaban J connectivity index is 1.27. The van der Waals surface area contributed by atoms with Gasteiger partial charge in [-0.2, -0.15) is 5.26 Å². The van der Waals surface area contributed by atoms with Gasteiger partial charge in [0.05, 0.1) is 37.3 Å². The van der Waals surface area contributed by atoms with Crippen LogP contribution in [0, 0.1) is 17.2 Å². The van der Waals surface area contributed by atoms with Crippen LogP contribution in [0.25, 0.3) is 0 Å². The maximum Gasteiger partial charge on any atom is 0.246 e. The number of hydrogen-bond acceptors (Lipinski definition) is 10. The van der Waals surface area contributed by atoms with Gasteiger partial charge in [-0.3, -0.25) is 25.1 Å². The van der Waals surface area contributed by atoms with E-state index in [0.717, 1.165) is 43.5 Å². The number of likely N-dealkylation sites (N-methyl/N-ethyl adjacent to an activating group) is 1. The van der Waals surface area contributed by atoms with Crippen LogP contribution < -0.4 is 10.6 Å². The third-order valence-electron chi connectivity index (χ3n) is 10.3. The highest BCUT2D eigenvalue weighted by Gasteiger charge is 2.59. The number of rotatable bonds is 7. The van der Waals surface area contributed by atoms with Gasteiger partial charge in [0, 0.05) is 44.5 Å². The van der Waals surface area contributed by atoms with Crippen molar-refractivity contribution in [3.8, 4) is 6.07 Å². The highest BCUT2D eigenvalue weighted by Crippen LogP contribution is 2.55. The standard InChI is InChI=1S/C32H44N6O4S/c1-4-26(39)38-17-16-37(18-22(38)12-14-33)30-25-11-13-32(29(41-3)24-10-6-5-8-21(24)20-43-32)28(40)27(25)34-31(35-30)42-19-23-9-7-15-36(23)2/h4-6,8,10,22-23,25,27,29-31,34-35H,1,7,9,11-13,15-20H2,2-3H3/t22?,23?,25?,27?,29?,30?,31?,32-/m1/s1. The van der Waals surface area contributed by atoms with Crippen LogP contribution in [0.15, 0.2) is 36.9 Å². The van der Waals surface area contributed by atoms with Gasteiger partial charge in [-0.05, 0) is 56.5 Å². The van der Waals surface area contributed by atoms with Crippen molar-refractivity contribution in [2.75, 3.05) is 46.9 Å². The number of thioether (sulfide) groups is 1. The first-order valence-electron chi connectivity index (χ1n) is 15.6. The summed E-state index contributed by atoms with van der Waals surface area (Å²) < 4.78 is 11.9. The first-order chi connectivity index (χ1) is 20.9. The number of ketones is 1. The normalized spacial score (nSPS) is 36.6. The van der Waals surface area contributed by atoms with Gasteiger partial charge in [-0.25, -0.2) is 0 Å². The maximum absolute atomic E-state index is 14.8. The van der Waals surface area contributed by atoms with Gasteiger partial charge in [0.25, 0.3) is 0 Å². The molecule has 8 atom stereocenters. The summed E-state index contributed by atoms with van der Waals surface area (Å²) in [6, 6.07) is 10.3. The Labute approximate surface area is 259 Å². The summed E-state index contributed by atoms with van der Waals surface area (Å²) in [6.45, 7) is 7.00. The number of benzene rings is 1. The Morgan fingerprint density at radius 3 is 2.81 bits per heavy atom. The molecule has 0 bridgehead atoms. The molecule has 4 aliphatic heterocycles. The maximum atomic E-state index is 14.8. The Kier molecular flexibility index (Phi) is 9.27. The zero-order valence-corrected chi connectivity index (χ0v) is 26.1. The van der Waals surface area contributed by atoms with E-state index in [1.165, 1.54) is 11.6 Å². The minimum Gasteiger partial charge on any atom is -0.375 e. The number of hydrogen-bond donors (Lipinski definition) is 2. The van der Waals surface area contributed by atoms with E-state index in [2.05, 4.69) is 52.3 Å². The van der Waals surface area contributed by atoms with Gasteiger partial charge >= 0.3 is 0 Å². The second-order valence-corrected chi connectivity index (χ2v) is 13.9. The molecular weight excluding hydrogens is 564 g/mol. The first-order valence-corrected chi connectivity index (χ1v) is 16.6. The third-order valence-corrected chi connectivity index (χ3v) is 11.9. The number of likely N-dealkylation sites (tertiary alicyclic amines) is 1. The molecule has 43 heavy (non-hydrogen) atoms. The number of nitriles is 1. The molecule has 1 spiro atoms. The number of nitrogens with zero attached hydrogens (tertiary/aromatic N) is 4. The summed E-state index contributed by atoms with van der Waals surface area (Å²) in [4.78, 5) is 33.8.